The number of anilines is 1. The standard InChI is InChI=1S/C24H19BrClF3N8O2/c1-12-7-13(25)8-16(22(38)32-14-4-5-14)20(12)33-23(39)18-9-15(11-36-31-10-19(35-36)24(27,28)29)34-37(18)21-17(26)3-2-6-30-21/h2-3,6-10,14H,4-5,11H2,1H3,(H,32,38)(H,33,39). The number of hydrogen-bond donors (Lipinski definition) is 2. The Morgan fingerprint density at radius 3 is 2.62 bits per heavy atom. The number of aryl methyl sites for hydroxylation is 1. The number of rotatable bonds is 7. The predicted molar refractivity (Wildman–Crippen MR) is 138 cm³/mol. The molecule has 0 unspecified atom stereocenters. The van der Waals surface area contributed by atoms with Crippen LogP contribution in [0.25, 0.3) is 5.82 Å². The average molecular weight is 624 g/mol. The SMILES string of the molecule is Cc1cc(Br)cc(C(=O)NC2CC2)c1NC(=O)c1cc(Cn2ncc(C(F)(F)F)n2)nn1-c1ncccc1Cl. The smallest absolute Gasteiger partial charge is 0.349 e. The van der Waals surface area contributed by atoms with E-state index in [1.54, 1.807) is 31.2 Å². The number of amides is 2. The van der Waals surface area contributed by atoms with Crippen molar-refractivity contribution in [2.24, 2.45) is 0 Å². The van der Waals surface area contributed by atoms with E-state index in [0.29, 0.717) is 21.9 Å². The molecule has 2 N–H and O–H groups in total. The Hall–Kier alpha value is -3.78. The van der Waals surface area contributed by atoms with E-state index < -0.39 is 17.8 Å². The van der Waals surface area contributed by atoms with Gasteiger partial charge in [-0.05, 0) is 55.7 Å². The Morgan fingerprint density at radius 1 is 1.18 bits per heavy atom. The number of carbonyl (C=O) groups is 2. The fourth-order valence-corrected chi connectivity index (χ4v) is 4.54. The van der Waals surface area contributed by atoms with Crippen molar-refractivity contribution in [2.75, 3.05) is 5.32 Å². The molecule has 1 fully saturated rings. The van der Waals surface area contributed by atoms with Crippen LogP contribution >= 0.6 is 27.5 Å². The zero-order valence-electron chi connectivity index (χ0n) is 20.1. The first kappa shape index (κ1) is 26.8. The summed E-state index contributed by atoms with van der Waals surface area (Å²) in [4.78, 5) is 31.5. The van der Waals surface area contributed by atoms with E-state index in [1.807, 2.05) is 0 Å². The number of aromatic nitrogens is 6. The van der Waals surface area contributed by atoms with Gasteiger partial charge in [0.05, 0.1) is 28.2 Å². The number of halogens is 5. The van der Waals surface area contributed by atoms with Crippen LogP contribution < -0.4 is 10.6 Å². The van der Waals surface area contributed by atoms with E-state index >= 15 is 0 Å². The maximum Gasteiger partial charge on any atom is 0.436 e. The fraction of sp³-hybridized carbons (Fsp3) is 0.250. The van der Waals surface area contributed by atoms with Crippen molar-refractivity contribution in [1.82, 2.24) is 35.1 Å². The molecule has 202 valence electrons. The molecule has 1 aromatic carbocycles. The first-order valence-corrected chi connectivity index (χ1v) is 12.8. The molecule has 0 bridgehead atoms. The lowest BCUT2D eigenvalue weighted by Gasteiger charge is -2.15. The van der Waals surface area contributed by atoms with Gasteiger partial charge < -0.3 is 10.6 Å². The molecule has 0 atom stereocenters. The second-order valence-corrected chi connectivity index (χ2v) is 10.2. The summed E-state index contributed by atoms with van der Waals surface area (Å²) in [6.45, 7) is 1.48. The highest BCUT2D eigenvalue weighted by Gasteiger charge is 2.34. The van der Waals surface area contributed by atoms with Gasteiger partial charge in [-0.3, -0.25) is 9.59 Å². The molecule has 0 radical (unpaired) electrons. The number of pyridine rings is 1. The van der Waals surface area contributed by atoms with Crippen molar-refractivity contribution in [3.05, 3.63) is 80.4 Å². The first-order chi connectivity index (χ1) is 18.5. The minimum atomic E-state index is -4.66. The number of nitrogens with one attached hydrogen (secondary N) is 2. The second-order valence-electron chi connectivity index (χ2n) is 8.85. The molecule has 1 aliphatic rings. The van der Waals surface area contributed by atoms with Gasteiger partial charge in [0, 0.05) is 16.7 Å². The molecule has 1 aliphatic carbocycles. The number of carbonyl (C=O) groups excluding carboxylic acids is 2. The van der Waals surface area contributed by atoms with E-state index in [2.05, 4.69) is 46.8 Å². The lowest BCUT2D eigenvalue weighted by molar-refractivity contribution is -0.141. The molecule has 10 nitrogen and oxygen atoms in total. The van der Waals surface area contributed by atoms with Crippen LogP contribution in [-0.4, -0.2) is 47.6 Å². The maximum absolute atomic E-state index is 13.6. The normalized spacial score (nSPS) is 13.4. The van der Waals surface area contributed by atoms with Crippen molar-refractivity contribution in [2.45, 2.75) is 38.5 Å². The molecule has 1 saturated carbocycles. The Morgan fingerprint density at radius 2 is 1.95 bits per heavy atom. The van der Waals surface area contributed by atoms with Gasteiger partial charge in [0.15, 0.2) is 11.5 Å². The van der Waals surface area contributed by atoms with Gasteiger partial charge in [0.2, 0.25) is 0 Å². The van der Waals surface area contributed by atoms with Gasteiger partial charge in [-0.25, -0.2) is 9.67 Å². The summed E-state index contributed by atoms with van der Waals surface area (Å²) in [5.74, 6) is -0.852. The molecule has 15 heteroatoms. The van der Waals surface area contributed by atoms with E-state index in [9.17, 15) is 22.8 Å². The highest BCUT2D eigenvalue weighted by atomic mass is 79.9. The molecule has 0 aliphatic heterocycles. The van der Waals surface area contributed by atoms with Crippen LogP contribution in [-0.2, 0) is 12.7 Å². The average Bonchev–Trinajstić information content (AvgIpc) is 3.37. The van der Waals surface area contributed by atoms with Gasteiger partial charge in [-0.15, -0.1) is 5.10 Å². The Bertz CT molecular complexity index is 1580. The first-order valence-electron chi connectivity index (χ1n) is 11.6. The highest BCUT2D eigenvalue weighted by molar-refractivity contribution is 9.10. The molecule has 3 aromatic heterocycles. The number of benzene rings is 1. The third kappa shape index (κ3) is 5.96. The van der Waals surface area contributed by atoms with Crippen molar-refractivity contribution < 1.29 is 22.8 Å². The van der Waals surface area contributed by atoms with Gasteiger partial charge in [0.25, 0.3) is 11.8 Å². The Kier molecular flexibility index (Phi) is 7.16. The van der Waals surface area contributed by atoms with Crippen LogP contribution in [0.15, 0.2) is 47.2 Å². The molecule has 0 saturated heterocycles. The molecule has 3 heterocycles. The van der Waals surface area contributed by atoms with Crippen LogP contribution in [0.3, 0.4) is 0 Å². The predicted octanol–water partition coefficient (Wildman–Crippen LogP) is 4.79. The molecule has 5 rings (SSSR count). The van der Waals surface area contributed by atoms with E-state index in [4.69, 9.17) is 11.6 Å². The summed E-state index contributed by atoms with van der Waals surface area (Å²) in [7, 11) is 0. The summed E-state index contributed by atoms with van der Waals surface area (Å²) in [5, 5.41) is 17.3. The summed E-state index contributed by atoms with van der Waals surface area (Å²) in [6, 6.07) is 7.98. The second kappa shape index (κ2) is 10.4. The Balaban J connectivity index is 1.51. The van der Waals surface area contributed by atoms with E-state index in [0.717, 1.165) is 17.6 Å². The van der Waals surface area contributed by atoms with Crippen LogP contribution in [0.5, 0.6) is 0 Å². The van der Waals surface area contributed by atoms with Gasteiger partial charge in [-0.2, -0.15) is 28.2 Å². The summed E-state index contributed by atoms with van der Waals surface area (Å²) in [6.07, 6.45) is -0.819. The maximum atomic E-state index is 13.6. The zero-order chi connectivity index (χ0) is 27.9. The highest BCUT2D eigenvalue weighted by Crippen LogP contribution is 2.29. The van der Waals surface area contributed by atoms with Crippen molar-refractivity contribution in [1.29, 1.82) is 0 Å². The van der Waals surface area contributed by atoms with Gasteiger partial charge in [0.1, 0.15) is 12.2 Å². The molecular weight excluding hydrogens is 605 g/mol. The van der Waals surface area contributed by atoms with Crippen LogP contribution in [0.2, 0.25) is 5.02 Å². The monoisotopic (exact) mass is 622 g/mol. The summed E-state index contributed by atoms with van der Waals surface area (Å²) in [5.41, 5.74) is 0.183. The molecule has 4 aromatic rings. The quantitative estimate of drug-likeness (QED) is 0.306. The molecule has 39 heavy (non-hydrogen) atoms. The van der Waals surface area contributed by atoms with E-state index in [1.165, 1.54) is 16.9 Å². The number of hydrogen-bond acceptors (Lipinski definition) is 6. The fourth-order valence-electron chi connectivity index (χ4n) is 3.77. The van der Waals surface area contributed by atoms with E-state index in [-0.39, 0.29) is 46.3 Å². The van der Waals surface area contributed by atoms with Crippen molar-refractivity contribution in [3.8, 4) is 5.82 Å². The minimum Gasteiger partial charge on any atom is -0.349 e. The summed E-state index contributed by atoms with van der Waals surface area (Å²) >= 11 is 9.71. The van der Waals surface area contributed by atoms with Crippen LogP contribution in [0.1, 0.15) is 50.6 Å². The molecule has 2 amide bonds. The lowest BCUT2D eigenvalue weighted by atomic mass is 10.1. The number of nitrogens with zero attached hydrogens (tertiary/aromatic N) is 6. The van der Waals surface area contributed by atoms with Crippen LogP contribution in [0.4, 0.5) is 18.9 Å². The zero-order valence-corrected chi connectivity index (χ0v) is 22.5. The molecular formula is C24H19BrClF3N8O2. The third-order valence-electron chi connectivity index (χ3n) is 5.76. The third-order valence-corrected chi connectivity index (χ3v) is 6.51. The lowest BCUT2D eigenvalue weighted by Crippen LogP contribution is -2.27. The number of alkyl halides is 3. The van der Waals surface area contributed by atoms with Crippen molar-refractivity contribution >= 4 is 45.0 Å². The Labute approximate surface area is 232 Å². The van der Waals surface area contributed by atoms with Crippen LogP contribution in [0, 0.1) is 6.92 Å². The largest absolute Gasteiger partial charge is 0.436 e. The topological polar surface area (TPSA) is 120 Å². The van der Waals surface area contributed by atoms with Gasteiger partial charge >= 0.3 is 6.18 Å². The van der Waals surface area contributed by atoms with Gasteiger partial charge in [-0.1, -0.05) is 27.5 Å². The molecule has 0 spiro atoms. The minimum absolute atomic E-state index is 0.0235. The van der Waals surface area contributed by atoms with Crippen molar-refractivity contribution in [3.63, 3.8) is 0 Å². The summed E-state index contributed by atoms with van der Waals surface area (Å²) < 4.78 is 40.7.